The van der Waals surface area contributed by atoms with Crippen LogP contribution in [0.2, 0.25) is 26.2 Å². The van der Waals surface area contributed by atoms with E-state index < -0.39 is 52.8 Å². The van der Waals surface area contributed by atoms with Crippen molar-refractivity contribution in [3.8, 4) is 0 Å². The molecule has 0 atom stereocenters. The summed E-state index contributed by atoms with van der Waals surface area (Å²) in [4.78, 5) is 5.01. The molecule has 2 saturated heterocycles. The van der Waals surface area contributed by atoms with Gasteiger partial charge < -0.3 is 28.4 Å². The second kappa shape index (κ2) is 13.1. The lowest BCUT2D eigenvalue weighted by atomic mass is 9.74. The maximum atomic E-state index is 6.91. The molecule has 10 heteroatoms. The summed E-state index contributed by atoms with van der Waals surface area (Å²) in [5.41, 5.74) is 6.87. The number of fused-ring (bicyclic) bond motifs is 5. The van der Waals surface area contributed by atoms with E-state index >= 15 is 0 Å². The molecule has 10 rings (SSSR count). The van der Waals surface area contributed by atoms with Gasteiger partial charge in [0.05, 0.1) is 33.8 Å². The summed E-state index contributed by atoms with van der Waals surface area (Å²) in [6.45, 7) is 27.0. The largest absolute Gasteiger partial charge is 0.494 e. The lowest BCUT2D eigenvalue weighted by Crippen LogP contribution is -2.58. The lowest BCUT2D eigenvalue weighted by Gasteiger charge is -2.42. The molecule has 0 radical (unpaired) electrons. The number of rotatable bonds is 4. The molecule has 0 aliphatic carbocycles. The van der Waals surface area contributed by atoms with Crippen LogP contribution in [0.15, 0.2) is 121 Å². The van der Waals surface area contributed by atoms with E-state index in [1.165, 1.54) is 43.5 Å². The van der Waals surface area contributed by atoms with Crippen molar-refractivity contribution in [2.75, 3.05) is 9.80 Å². The van der Waals surface area contributed by atoms with Crippen molar-refractivity contribution in [1.29, 1.82) is 0 Å². The van der Waals surface area contributed by atoms with E-state index in [2.05, 4.69) is 213 Å². The van der Waals surface area contributed by atoms with Crippen LogP contribution in [0.4, 0.5) is 34.1 Å². The zero-order valence-corrected chi connectivity index (χ0v) is 39.2. The van der Waals surface area contributed by atoms with Gasteiger partial charge in [0.1, 0.15) is 16.1 Å². The molecule has 6 aromatic rings. The van der Waals surface area contributed by atoms with Gasteiger partial charge in [0.15, 0.2) is 0 Å². The predicted octanol–water partition coefficient (Wildman–Crippen LogP) is 8.65. The summed E-state index contributed by atoms with van der Waals surface area (Å²) >= 11 is 0. The minimum Gasteiger partial charge on any atom is -0.399 e. The topological polar surface area (TPSA) is 43.4 Å². The Kier molecular flexibility index (Phi) is 8.64. The molecule has 60 heavy (non-hydrogen) atoms. The molecule has 0 amide bonds. The molecular formula is C50H56B2N2O4Si2. The molecular weight excluding hydrogens is 770 g/mol. The smallest absolute Gasteiger partial charge is 0.399 e. The molecule has 6 aromatic carbocycles. The summed E-state index contributed by atoms with van der Waals surface area (Å²) in [5, 5.41) is 7.83. The van der Waals surface area contributed by atoms with Crippen molar-refractivity contribution in [3.05, 3.63) is 121 Å². The summed E-state index contributed by atoms with van der Waals surface area (Å²) in [6.07, 6.45) is 0. The van der Waals surface area contributed by atoms with Crippen LogP contribution < -0.4 is 41.5 Å². The van der Waals surface area contributed by atoms with Crippen LogP contribution in [0.3, 0.4) is 0 Å². The molecule has 0 bridgehead atoms. The van der Waals surface area contributed by atoms with Crippen molar-refractivity contribution in [2.24, 2.45) is 0 Å². The van der Waals surface area contributed by atoms with E-state index in [1.54, 1.807) is 0 Å². The molecule has 0 saturated carbocycles. The molecule has 0 N–H and O–H groups in total. The highest BCUT2D eigenvalue weighted by Crippen LogP contribution is 2.47. The quantitative estimate of drug-likeness (QED) is 0.166. The van der Waals surface area contributed by atoms with Crippen molar-refractivity contribution in [2.45, 2.75) is 104 Å². The fourth-order valence-electron chi connectivity index (χ4n) is 9.93. The fraction of sp³-hybridized carbons (Fsp3) is 0.320. The predicted molar refractivity (Wildman–Crippen MR) is 258 cm³/mol. The second-order valence-electron chi connectivity index (χ2n) is 20.3. The van der Waals surface area contributed by atoms with Crippen molar-refractivity contribution in [3.63, 3.8) is 0 Å². The number of anilines is 6. The van der Waals surface area contributed by atoms with Gasteiger partial charge in [-0.05, 0) is 123 Å². The van der Waals surface area contributed by atoms with E-state index in [9.17, 15) is 0 Å². The highest BCUT2D eigenvalue weighted by molar-refractivity contribution is 7.03. The molecule has 2 fully saturated rings. The van der Waals surface area contributed by atoms with Gasteiger partial charge in [-0.2, -0.15) is 0 Å². The zero-order chi connectivity index (χ0) is 42.4. The van der Waals surface area contributed by atoms with Gasteiger partial charge in [0.25, 0.3) is 0 Å². The molecule has 6 nitrogen and oxygen atoms in total. The summed E-state index contributed by atoms with van der Waals surface area (Å²) in [5.74, 6) is 0. The van der Waals surface area contributed by atoms with Gasteiger partial charge in [-0.1, -0.05) is 111 Å². The lowest BCUT2D eigenvalue weighted by molar-refractivity contribution is 0.00578. The molecule has 4 heterocycles. The van der Waals surface area contributed by atoms with E-state index in [0.29, 0.717) is 0 Å². The third-order valence-electron chi connectivity index (χ3n) is 14.9. The number of hydrogen-bond donors (Lipinski definition) is 0. The van der Waals surface area contributed by atoms with Crippen LogP contribution in [0.5, 0.6) is 0 Å². The van der Waals surface area contributed by atoms with Gasteiger partial charge in [0, 0.05) is 33.5 Å². The Hall–Kier alpha value is -4.42. The van der Waals surface area contributed by atoms with Crippen molar-refractivity contribution in [1.82, 2.24) is 0 Å². The normalized spacial score (nSPS) is 21.1. The van der Waals surface area contributed by atoms with E-state index in [4.69, 9.17) is 18.6 Å². The summed E-state index contributed by atoms with van der Waals surface area (Å²) in [7, 11) is -5.33. The number of nitrogens with zero attached hydrogens (tertiary/aromatic N) is 2. The first kappa shape index (κ1) is 39.7. The highest BCUT2D eigenvalue weighted by atomic mass is 28.3. The molecule has 0 spiro atoms. The third-order valence-corrected chi connectivity index (χ3v) is 22.0. The Morgan fingerprint density at radius 2 is 0.617 bits per heavy atom. The first-order valence-corrected chi connectivity index (χ1v) is 27.5. The van der Waals surface area contributed by atoms with Crippen LogP contribution in [0, 0.1) is 0 Å². The summed E-state index contributed by atoms with van der Waals surface area (Å²) in [6, 6.07) is 45.4. The number of para-hydroxylation sites is 4. The van der Waals surface area contributed by atoms with E-state index in [1.807, 2.05) is 0 Å². The molecule has 304 valence electrons. The van der Waals surface area contributed by atoms with E-state index in [0.717, 1.165) is 33.1 Å². The highest BCUT2D eigenvalue weighted by Gasteiger charge is 2.54. The Balaban J connectivity index is 1.34. The number of benzene rings is 6. The third kappa shape index (κ3) is 5.67. The van der Waals surface area contributed by atoms with Crippen LogP contribution in [0.25, 0.3) is 10.8 Å². The maximum absolute atomic E-state index is 6.91. The van der Waals surface area contributed by atoms with Crippen LogP contribution in [0.1, 0.15) is 55.4 Å². The monoisotopic (exact) mass is 826 g/mol. The van der Waals surface area contributed by atoms with Crippen LogP contribution >= 0.6 is 0 Å². The molecule has 0 aromatic heterocycles. The van der Waals surface area contributed by atoms with Gasteiger partial charge in [-0.3, -0.25) is 0 Å². The SMILES string of the molecule is CC1(C)OB(c2cc(N3c4ccccc4[Si](C)(C)c4ccccc43)c3cc(B4OC(C)(C)C(C)(C)O4)cc(N4c5ccccc5[Si](C)(C)c5ccccc54)c3c2)OC1(C)C. The van der Waals surface area contributed by atoms with Crippen LogP contribution in [-0.4, -0.2) is 52.8 Å². The fourth-order valence-corrected chi connectivity index (χ4v) is 15.9. The average Bonchev–Trinajstić information content (AvgIpc) is 3.57. The van der Waals surface area contributed by atoms with Crippen LogP contribution in [-0.2, 0) is 18.6 Å². The molecule has 4 aliphatic heterocycles. The first-order valence-electron chi connectivity index (χ1n) is 21.5. The number of hydrogen-bond acceptors (Lipinski definition) is 6. The standard InChI is InChI=1S/C50H56B2N2O4Si2/c1-47(2)48(3,4)56-51(55-47)33-29-35-36(41(31-33)53-37-21-13-17-25-43(37)59(9,10)44-26-18-14-22-38(44)53)30-34(52-57-49(5,6)50(7,8)58-52)32-42(35)54-39-23-15-19-27-45(39)60(11,12)46-28-20-16-24-40(46)54/h13-32H,1-12H3. The second-order valence-corrected chi connectivity index (χ2v) is 29.0. The van der Waals surface area contributed by atoms with Gasteiger partial charge in [-0.15, -0.1) is 0 Å². The zero-order valence-electron chi connectivity index (χ0n) is 37.2. The molecule has 0 unspecified atom stereocenters. The minimum atomic E-state index is -2.08. The minimum absolute atomic E-state index is 0.517. The maximum Gasteiger partial charge on any atom is 0.494 e. The Morgan fingerprint density at radius 1 is 0.367 bits per heavy atom. The van der Waals surface area contributed by atoms with Gasteiger partial charge >= 0.3 is 14.2 Å². The van der Waals surface area contributed by atoms with Crippen molar-refractivity contribution < 1.29 is 18.6 Å². The Labute approximate surface area is 359 Å². The summed E-state index contributed by atoms with van der Waals surface area (Å²) < 4.78 is 27.6. The average molecular weight is 827 g/mol. The van der Waals surface area contributed by atoms with E-state index in [-0.39, 0.29) is 0 Å². The van der Waals surface area contributed by atoms with Gasteiger partial charge in [-0.25, -0.2) is 0 Å². The van der Waals surface area contributed by atoms with Crippen molar-refractivity contribution >= 4 is 107 Å². The Bertz CT molecular complexity index is 2430. The Morgan fingerprint density at radius 3 is 0.883 bits per heavy atom. The van der Waals surface area contributed by atoms with Gasteiger partial charge in [0.2, 0.25) is 0 Å². The first-order chi connectivity index (χ1) is 28.2. The molecule has 4 aliphatic rings.